The van der Waals surface area contributed by atoms with Crippen molar-refractivity contribution in [3.05, 3.63) is 83.4 Å². The SMILES string of the molecule is CC/C=C\C/C=C\C/C=C\C/C=C\C=C\C(O)CCCC(=O)O[C@H](COC(=O)CCCCCCCCCCc1oc(CCC)c(C)c1C)COP(=O)(O)OCCN. The summed E-state index contributed by atoms with van der Waals surface area (Å²) in [5.41, 5.74) is 7.94. The van der Waals surface area contributed by atoms with Crippen molar-refractivity contribution in [3.8, 4) is 0 Å². The van der Waals surface area contributed by atoms with Crippen LogP contribution in [0.1, 0.15) is 146 Å². The third-order valence-corrected chi connectivity index (χ3v) is 10.2. The maximum Gasteiger partial charge on any atom is 0.472 e. The summed E-state index contributed by atoms with van der Waals surface area (Å²) in [6.07, 6.45) is 34.2. The molecular formula is C45H74NO10P. The molecule has 4 N–H and O–H groups in total. The van der Waals surface area contributed by atoms with E-state index in [1.165, 1.54) is 24.0 Å². The van der Waals surface area contributed by atoms with Crippen LogP contribution in [0, 0.1) is 13.8 Å². The minimum atomic E-state index is -4.45. The highest BCUT2D eigenvalue weighted by Crippen LogP contribution is 2.43. The molecule has 0 radical (unpaired) electrons. The number of allylic oxidation sites excluding steroid dienone is 9. The summed E-state index contributed by atoms with van der Waals surface area (Å²) in [7, 11) is -4.45. The van der Waals surface area contributed by atoms with Gasteiger partial charge in [-0.15, -0.1) is 0 Å². The summed E-state index contributed by atoms with van der Waals surface area (Å²) < 4.78 is 38.8. The number of furan rings is 1. The maximum atomic E-state index is 12.6. The molecule has 57 heavy (non-hydrogen) atoms. The average molecular weight is 820 g/mol. The highest BCUT2D eigenvalue weighted by atomic mass is 31.2. The van der Waals surface area contributed by atoms with Crippen molar-refractivity contribution in [2.75, 3.05) is 26.4 Å². The molecule has 0 saturated heterocycles. The maximum absolute atomic E-state index is 12.6. The normalized spacial score (nSPS) is 14.4. The monoisotopic (exact) mass is 820 g/mol. The van der Waals surface area contributed by atoms with Crippen LogP contribution in [-0.4, -0.2) is 60.5 Å². The van der Waals surface area contributed by atoms with Gasteiger partial charge in [0.05, 0.1) is 19.3 Å². The molecule has 2 unspecified atom stereocenters. The molecule has 0 saturated carbocycles. The Morgan fingerprint density at radius 3 is 1.95 bits per heavy atom. The van der Waals surface area contributed by atoms with Crippen LogP contribution < -0.4 is 5.73 Å². The number of hydrogen-bond acceptors (Lipinski definition) is 10. The zero-order valence-electron chi connectivity index (χ0n) is 35.4. The first kappa shape index (κ1) is 52.0. The van der Waals surface area contributed by atoms with Gasteiger partial charge in [-0.3, -0.25) is 18.6 Å². The number of unbranched alkanes of at least 4 members (excludes halogenated alkanes) is 7. The summed E-state index contributed by atoms with van der Waals surface area (Å²) in [6, 6.07) is 0. The van der Waals surface area contributed by atoms with Crippen LogP contribution in [0.5, 0.6) is 0 Å². The van der Waals surface area contributed by atoms with Gasteiger partial charge < -0.3 is 29.6 Å². The topological polar surface area (TPSA) is 168 Å². The summed E-state index contributed by atoms with van der Waals surface area (Å²) in [4.78, 5) is 35.0. The summed E-state index contributed by atoms with van der Waals surface area (Å²) in [5, 5.41) is 10.3. The summed E-state index contributed by atoms with van der Waals surface area (Å²) in [5.74, 6) is 1.21. The number of phosphoric acid groups is 1. The first-order valence-electron chi connectivity index (χ1n) is 21.2. The van der Waals surface area contributed by atoms with Crippen LogP contribution >= 0.6 is 7.82 Å². The van der Waals surface area contributed by atoms with Crippen molar-refractivity contribution in [1.82, 2.24) is 0 Å². The molecule has 0 aromatic carbocycles. The molecular weight excluding hydrogens is 745 g/mol. The highest BCUT2D eigenvalue weighted by molar-refractivity contribution is 7.47. The fourth-order valence-electron chi connectivity index (χ4n) is 5.83. The standard InChI is InChI=1S/C45H74NO10P/c1-5-7-8-9-10-11-12-13-14-15-18-21-24-29-40(47)30-27-33-45(49)55-41(37-54-57(50,51)53-35-34-46)36-52-44(48)32-26-23-20-17-16-19-22-25-31-43-39(4)38(3)42(56-43)28-6-2/h7-8,10-11,13-14,18,21,24,29,40-41,47H,5-6,9,12,15-17,19-20,22-23,25-28,30-37,46H2,1-4H3,(H,50,51)/b8-7-,11-10-,14-13-,21-18-,29-24+/t40?,41-/m1/s1. The van der Waals surface area contributed by atoms with E-state index < -0.39 is 38.6 Å². The van der Waals surface area contributed by atoms with Gasteiger partial charge in [0.2, 0.25) is 0 Å². The van der Waals surface area contributed by atoms with E-state index in [0.29, 0.717) is 19.3 Å². The quantitative estimate of drug-likeness (QED) is 0.0196. The van der Waals surface area contributed by atoms with Crippen molar-refractivity contribution < 1.29 is 47.1 Å². The fraction of sp³-hybridized carbons (Fsp3) is 0.644. The Hall–Kier alpha value is -3.05. The molecule has 0 aliphatic rings. The Morgan fingerprint density at radius 1 is 0.737 bits per heavy atom. The molecule has 324 valence electrons. The van der Waals surface area contributed by atoms with Gasteiger partial charge in [-0.2, -0.15) is 0 Å². The van der Waals surface area contributed by atoms with E-state index >= 15 is 0 Å². The summed E-state index contributed by atoms with van der Waals surface area (Å²) in [6.45, 7) is 7.57. The van der Waals surface area contributed by atoms with Gasteiger partial charge in [0, 0.05) is 32.2 Å². The second-order valence-electron chi connectivity index (χ2n) is 14.3. The van der Waals surface area contributed by atoms with E-state index in [4.69, 9.17) is 28.7 Å². The van der Waals surface area contributed by atoms with Crippen LogP contribution in [-0.2, 0) is 45.5 Å². The second-order valence-corrected chi connectivity index (χ2v) is 15.7. The molecule has 0 aliphatic carbocycles. The second kappa shape index (κ2) is 33.9. The number of ether oxygens (including phenoxy) is 2. The van der Waals surface area contributed by atoms with Crippen molar-refractivity contribution >= 4 is 19.8 Å². The van der Waals surface area contributed by atoms with Gasteiger partial charge >= 0.3 is 19.8 Å². The summed E-state index contributed by atoms with van der Waals surface area (Å²) >= 11 is 0. The minimum absolute atomic E-state index is 0.0109. The van der Waals surface area contributed by atoms with E-state index in [1.807, 2.05) is 12.2 Å². The number of hydrogen-bond donors (Lipinski definition) is 3. The Labute approximate surface area is 343 Å². The molecule has 0 aliphatic heterocycles. The number of aryl methyl sites for hydroxylation is 2. The number of aliphatic hydroxyl groups is 1. The first-order valence-corrected chi connectivity index (χ1v) is 22.7. The van der Waals surface area contributed by atoms with Crippen molar-refractivity contribution in [1.29, 1.82) is 0 Å². The third-order valence-electron chi connectivity index (χ3n) is 9.19. The predicted octanol–water partition coefficient (Wildman–Crippen LogP) is 10.3. The van der Waals surface area contributed by atoms with Crippen molar-refractivity contribution in [2.24, 2.45) is 5.73 Å². The molecule has 0 bridgehead atoms. The van der Waals surface area contributed by atoms with E-state index in [1.54, 1.807) is 12.2 Å². The zero-order valence-corrected chi connectivity index (χ0v) is 36.3. The molecule has 3 atom stereocenters. The van der Waals surface area contributed by atoms with Gasteiger partial charge in [0.25, 0.3) is 0 Å². The average Bonchev–Trinajstić information content (AvgIpc) is 3.45. The molecule has 11 nitrogen and oxygen atoms in total. The minimum Gasteiger partial charge on any atom is -0.466 e. The molecule has 1 rings (SSSR count). The molecule has 1 aromatic rings. The fourth-order valence-corrected chi connectivity index (χ4v) is 6.59. The lowest BCUT2D eigenvalue weighted by Gasteiger charge is -2.20. The Morgan fingerprint density at radius 2 is 1.32 bits per heavy atom. The lowest BCUT2D eigenvalue weighted by atomic mass is 10.0. The van der Waals surface area contributed by atoms with Crippen LogP contribution in [0.2, 0.25) is 0 Å². The number of carbonyl (C=O) groups is 2. The lowest BCUT2D eigenvalue weighted by Crippen LogP contribution is -2.29. The highest BCUT2D eigenvalue weighted by Gasteiger charge is 2.26. The van der Waals surface area contributed by atoms with Gasteiger partial charge in [0.15, 0.2) is 6.10 Å². The van der Waals surface area contributed by atoms with Crippen molar-refractivity contribution in [3.63, 3.8) is 0 Å². The van der Waals surface area contributed by atoms with E-state index in [0.717, 1.165) is 88.6 Å². The number of aliphatic hydroxyl groups excluding tert-OH is 1. The number of phosphoric ester groups is 1. The smallest absolute Gasteiger partial charge is 0.466 e. The molecule has 12 heteroatoms. The molecule has 0 fully saturated rings. The lowest BCUT2D eigenvalue weighted by molar-refractivity contribution is -0.161. The van der Waals surface area contributed by atoms with Gasteiger partial charge in [0.1, 0.15) is 18.1 Å². The molecule has 0 spiro atoms. The van der Waals surface area contributed by atoms with E-state index in [2.05, 4.69) is 64.2 Å². The number of carbonyl (C=O) groups excluding carboxylic acids is 2. The number of nitrogens with two attached hydrogens (primary N) is 1. The molecule has 1 aromatic heterocycles. The molecule has 0 amide bonds. The van der Waals surface area contributed by atoms with Gasteiger partial charge in [-0.05, 0) is 82.8 Å². The third kappa shape index (κ3) is 28.1. The van der Waals surface area contributed by atoms with Crippen LogP contribution in [0.25, 0.3) is 0 Å². The number of rotatable bonds is 35. The largest absolute Gasteiger partial charge is 0.472 e. The number of esters is 2. The first-order chi connectivity index (χ1) is 27.5. The van der Waals surface area contributed by atoms with Crippen LogP contribution in [0.3, 0.4) is 0 Å². The van der Waals surface area contributed by atoms with Crippen molar-refractivity contribution in [2.45, 2.75) is 162 Å². The van der Waals surface area contributed by atoms with E-state index in [-0.39, 0.29) is 32.6 Å². The Kier molecular flexibility index (Phi) is 30.9. The predicted molar refractivity (Wildman–Crippen MR) is 229 cm³/mol. The van der Waals surface area contributed by atoms with E-state index in [9.17, 15) is 24.2 Å². The Balaban J connectivity index is 2.34. The van der Waals surface area contributed by atoms with Crippen LogP contribution in [0.4, 0.5) is 0 Å². The van der Waals surface area contributed by atoms with Gasteiger partial charge in [-0.1, -0.05) is 113 Å². The Bertz CT molecular complexity index is 1410. The zero-order chi connectivity index (χ0) is 42.0. The molecule has 1 heterocycles. The van der Waals surface area contributed by atoms with Crippen LogP contribution in [0.15, 0.2) is 65.2 Å². The van der Waals surface area contributed by atoms with Gasteiger partial charge in [-0.25, -0.2) is 4.57 Å².